The van der Waals surface area contributed by atoms with Gasteiger partial charge in [0.1, 0.15) is 0 Å². The molecular weight excluding hydrogens is 517 g/mol. The molecule has 1 aromatic heterocycles. The van der Waals surface area contributed by atoms with Gasteiger partial charge in [-0.25, -0.2) is 4.68 Å². The molecule has 0 bridgehead atoms. The highest BCUT2D eigenvalue weighted by atomic mass is 127. The third kappa shape index (κ3) is 6.38. The molecule has 7 nitrogen and oxygen atoms in total. The van der Waals surface area contributed by atoms with Gasteiger partial charge in [-0.1, -0.05) is 24.3 Å². The van der Waals surface area contributed by atoms with Gasteiger partial charge in [0, 0.05) is 25.8 Å². The van der Waals surface area contributed by atoms with Crippen molar-refractivity contribution in [2.75, 3.05) is 20.8 Å². The summed E-state index contributed by atoms with van der Waals surface area (Å²) in [6, 6.07) is 16.3. The zero-order valence-corrected chi connectivity index (χ0v) is 21.6. The summed E-state index contributed by atoms with van der Waals surface area (Å²) in [7, 11) is 3.41. The van der Waals surface area contributed by atoms with Gasteiger partial charge < -0.3 is 20.1 Å². The summed E-state index contributed by atoms with van der Waals surface area (Å²) in [5, 5.41) is 11.4. The molecular formula is C24H32IN5O2. The molecule has 0 unspecified atom stereocenters. The summed E-state index contributed by atoms with van der Waals surface area (Å²) in [4.78, 5) is 4.35. The van der Waals surface area contributed by atoms with Gasteiger partial charge >= 0.3 is 0 Å². The number of halogens is 1. The van der Waals surface area contributed by atoms with Gasteiger partial charge in [-0.05, 0) is 56.2 Å². The van der Waals surface area contributed by atoms with Crippen LogP contribution in [0.4, 0.5) is 0 Å². The van der Waals surface area contributed by atoms with Crippen LogP contribution in [0, 0.1) is 13.8 Å². The zero-order chi connectivity index (χ0) is 22.2. The van der Waals surface area contributed by atoms with Crippen LogP contribution in [0.15, 0.2) is 53.5 Å². The van der Waals surface area contributed by atoms with Crippen LogP contribution in [-0.4, -0.2) is 36.5 Å². The Kier molecular flexibility index (Phi) is 9.83. The SMILES string of the molecule is CCOc1ccc(CNC(=NC)NCc2ccccc2-n2nc(C)cc2C)cc1OC.I. The first-order valence-corrected chi connectivity index (χ1v) is 10.4. The Bertz CT molecular complexity index is 1050. The molecule has 0 fully saturated rings. The Morgan fingerprint density at radius 1 is 1.03 bits per heavy atom. The average Bonchev–Trinajstić information content (AvgIpc) is 3.12. The van der Waals surface area contributed by atoms with Crippen molar-refractivity contribution in [3.05, 3.63) is 71.0 Å². The number of methoxy groups -OCH3 is 1. The molecule has 8 heteroatoms. The maximum absolute atomic E-state index is 5.59. The monoisotopic (exact) mass is 549 g/mol. The summed E-state index contributed by atoms with van der Waals surface area (Å²) < 4.78 is 13.0. The minimum Gasteiger partial charge on any atom is -0.493 e. The lowest BCUT2D eigenvalue weighted by Gasteiger charge is -2.16. The van der Waals surface area contributed by atoms with Crippen LogP contribution >= 0.6 is 24.0 Å². The highest BCUT2D eigenvalue weighted by Crippen LogP contribution is 2.28. The highest BCUT2D eigenvalue weighted by molar-refractivity contribution is 14.0. The molecule has 2 aromatic carbocycles. The Labute approximate surface area is 207 Å². The van der Waals surface area contributed by atoms with Gasteiger partial charge in [0.25, 0.3) is 0 Å². The van der Waals surface area contributed by atoms with E-state index in [0.717, 1.165) is 45.7 Å². The van der Waals surface area contributed by atoms with Crippen LogP contribution in [0.25, 0.3) is 5.69 Å². The maximum Gasteiger partial charge on any atom is 0.191 e. The second-order valence-corrected chi connectivity index (χ2v) is 7.17. The topological polar surface area (TPSA) is 72.7 Å². The van der Waals surface area contributed by atoms with E-state index in [1.54, 1.807) is 14.2 Å². The lowest BCUT2D eigenvalue weighted by molar-refractivity contribution is 0.310. The smallest absolute Gasteiger partial charge is 0.191 e. The third-order valence-corrected chi connectivity index (χ3v) is 4.89. The summed E-state index contributed by atoms with van der Waals surface area (Å²) in [6.45, 7) is 7.87. The summed E-state index contributed by atoms with van der Waals surface area (Å²) in [5.41, 5.74) is 5.39. The van der Waals surface area contributed by atoms with E-state index < -0.39 is 0 Å². The van der Waals surface area contributed by atoms with Crippen molar-refractivity contribution >= 4 is 29.9 Å². The van der Waals surface area contributed by atoms with Crippen LogP contribution < -0.4 is 20.1 Å². The van der Waals surface area contributed by atoms with Crippen LogP contribution in [0.1, 0.15) is 29.4 Å². The van der Waals surface area contributed by atoms with E-state index in [2.05, 4.69) is 45.8 Å². The quantitative estimate of drug-likeness (QED) is 0.248. The van der Waals surface area contributed by atoms with Crippen molar-refractivity contribution in [1.29, 1.82) is 0 Å². The zero-order valence-electron chi connectivity index (χ0n) is 19.3. The number of rotatable bonds is 8. The number of hydrogen-bond acceptors (Lipinski definition) is 4. The Balaban J connectivity index is 0.00000363. The molecule has 0 saturated heterocycles. The lowest BCUT2D eigenvalue weighted by Crippen LogP contribution is -2.36. The molecule has 172 valence electrons. The van der Waals surface area contributed by atoms with Crippen LogP contribution in [0.2, 0.25) is 0 Å². The minimum atomic E-state index is 0. The molecule has 32 heavy (non-hydrogen) atoms. The number of hydrogen-bond donors (Lipinski definition) is 2. The standard InChI is InChI=1S/C24H31N5O2.HI/c1-6-31-22-12-11-19(14-23(22)30-5)15-26-24(25-4)27-16-20-9-7-8-10-21(20)29-18(3)13-17(2)28-29;/h7-14H,6,15-16H2,1-5H3,(H2,25,26,27);1H. The number of ether oxygens (including phenoxy) is 2. The average molecular weight is 549 g/mol. The van der Waals surface area contributed by atoms with Crippen LogP contribution in [-0.2, 0) is 13.1 Å². The molecule has 1 heterocycles. The van der Waals surface area contributed by atoms with Crippen molar-refractivity contribution in [2.45, 2.75) is 33.9 Å². The number of aliphatic imine (C=N–C) groups is 1. The Hall–Kier alpha value is -2.75. The number of nitrogens with zero attached hydrogens (tertiary/aromatic N) is 3. The molecule has 0 saturated carbocycles. The van der Waals surface area contributed by atoms with Gasteiger partial charge in [-0.3, -0.25) is 4.99 Å². The Morgan fingerprint density at radius 3 is 2.44 bits per heavy atom. The number of benzene rings is 2. The number of aryl methyl sites for hydroxylation is 2. The molecule has 0 amide bonds. The number of guanidine groups is 1. The summed E-state index contributed by atoms with van der Waals surface area (Å²) >= 11 is 0. The van der Waals surface area contributed by atoms with Gasteiger partial charge in [0.2, 0.25) is 0 Å². The first-order chi connectivity index (χ1) is 15.0. The van der Waals surface area contributed by atoms with E-state index in [0.29, 0.717) is 19.7 Å². The first-order valence-electron chi connectivity index (χ1n) is 10.4. The van der Waals surface area contributed by atoms with Gasteiger partial charge in [0.15, 0.2) is 17.5 Å². The van der Waals surface area contributed by atoms with Crippen LogP contribution in [0.5, 0.6) is 11.5 Å². The predicted octanol–water partition coefficient (Wildman–Crippen LogP) is 4.38. The van der Waals surface area contributed by atoms with E-state index in [-0.39, 0.29) is 24.0 Å². The molecule has 0 radical (unpaired) electrons. The summed E-state index contributed by atoms with van der Waals surface area (Å²) in [5.74, 6) is 2.19. The fourth-order valence-electron chi connectivity index (χ4n) is 3.42. The van der Waals surface area contributed by atoms with E-state index in [1.807, 2.05) is 48.9 Å². The highest BCUT2D eigenvalue weighted by Gasteiger charge is 2.10. The van der Waals surface area contributed by atoms with Crippen molar-refractivity contribution in [3.8, 4) is 17.2 Å². The predicted molar refractivity (Wildman–Crippen MR) is 140 cm³/mol. The van der Waals surface area contributed by atoms with E-state index >= 15 is 0 Å². The lowest BCUT2D eigenvalue weighted by atomic mass is 10.1. The second-order valence-electron chi connectivity index (χ2n) is 7.17. The van der Waals surface area contributed by atoms with E-state index in [1.165, 1.54) is 0 Å². The van der Waals surface area contributed by atoms with Gasteiger partial charge in [-0.2, -0.15) is 5.10 Å². The molecule has 0 spiro atoms. The number of nitrogens with one attached hydrogen (secondary N) is 2. The Morgan fingerprint density at radius 2 is 1.78 bits per heavy atom. The second kappa shape index (κ2) is 12.3. The maximum atomic E-state index is 5.59. The van der Waals surface area contributed by atoms with E-state index in [9.17, 15) is 0 Å². The van der Waals surface area contributed by atoms with Crippen molar-refractivity contribution in [3.63, 3.8) is 0 Å². The molecule has 3 rings (SSSR count). The number of aromatic nitrogens is 2. The first kappa shape index (κ1) is 25.5. The van der Waals surface area contributed by atoms with Crippen molar-refractivity contribution in [1.82, 2.24) is 20.4 Å². The van der Waals surface area contributed by atoms with Gasteiger partial charge in [0.05, 0.1) is 25.1 Å². The molecule has 0 aliphatic rings. The fraction of sp³-hybridized carbons (Fsp3) is 0.333. The third-order valence-electron chi connectivity index (χ3n) is 4.89. The van der Waals surface area contributed by atoms with E-state index in [4.69, 9.17) is 9.47 Å². The van der Waals surface area contributed by atoms with Crippen molar-refractivity contribution < 1.29 is 9.47 Å². The van der Waals surface area contributed by atoms with Crippen LogP contribution in [0.3, 0.4) is 0 Å². The summed E-state index contributed by atoms with van der Waals surface area (Å²) in [6.07, 6.45) is 0. The fourth-order valence-corrected chi connectivity index (χ4v) is 3.42. The molecule has 0 aliphatic carbocycles. The normalized spacial score (nSPS) is 11.0. The van der Waals surface area contributed by atoms with Gasteiger partial charge in [-0.15, -0.1) is 24.0 Å². The molecule has 0 aliphatic heterocycles. The molecule has 0 atom stereocenters. The minimum absolute atomic E-state index is 0. The van der Waals surface area contributed by atoms with Crippen molar-refractivity contribution in [2.24, 2.45) is 4.99 Å². The molecule has 2 N–H and O–H groups in total. The molecule has 3 aromatic rings. The largest absolute Gasteiger partial charge is 0.493 e. The number of para-hydroxylation sites is 1.